The topological polar surface area (TPSA) is 67.6 Å². The van der Waals surface area contributed by atoms with Crippen LogP contribution in [0.2, 0.25) is 5.02 Å². The van der Waals surface area contributed by atoms with Gasteiger partial charge in [0.1, 0.15) is 17.5 Å². The van der Waals surface area contributed by atoms with Crippen LogP contribution in [-0.4, -0.2) is 77.6 Å². The molecule has 1 atom stereocenters. The van der Waals surface area contributed by atoms with E-state index in [1.807, 2.05) is 41.5 Å². The third-order valence-corrected chi connectivity index (χ3v) is 6.93. The molecule has 242 valence electrons. The Labute approximate surface area is 259 Å². The quantitative estimate of drug-likeness (QED) is 0.203. The van der Waals surface area contributed by atoms with Crippen LogP contribution in [0.1, 0.15) is 71.9 Å². The fourth-order valence-corrected chi connectivity index (χ4v) is 4.51. The van der Waals surface area contributed by atoms with Gasteiger partial charge >= 0.3 is 6.18 Å². The number of hydrogen-bond acceptors (Lipinski definition) is 4. The van der Waals surface area contributed by atoms with Gasteiger partial charge in [-0.2, -0.15) is 13.2 Å². The molecule has 3 rings (SSSR count). The highest BCUT2D eigenvalue weighted by Gasteiger charge is 2.35. The van der Waals surface area contributed by atoms with Gasteiger partial charge in [-0.25, -0.2) is 19.4 Å². The number of hydrogen-bond donors (Lipinski definition) is 1. The number of anilines is 1. The molecule has 0 amide bonds. The van der Waals surface area contributed by atoms with Gasteiger partial charge in [0.15, 0.2) is 0 Å². The van der Waals surface area contributed by atoms with Crippen LogP contribution < -0.4 is 4.90 Å². The third kappa shape index (κ3) is 11.6. The van der Waals surface area contributed by atoms with Gasteiger partial charge < -0.3 is 19.8 Å². The van der Waals surface area contributed by atoms with Crippen LogP contribution in [0.3, 0.4) is 0 Å². The normalized spacial score (nSPS) is 15.4. The predicted octanol–water partition coefficient (Wildman–Crippen LogP) is 7.52. The Morgan fingerprint density at radius 2 is 1.72 bits per heavy atom. The van der Waals surface area contributed by atoms with Crippen molar-refractivity contribution in [1.29, 1.82) is 0 Å². The van der Waals surface area contributed by atoms with Crippen molar-refractivity contribution >= 4 is 29.2 Å². The lowest BCUT2D eigenvalue weighted by molar-refractivity contribution is -0.137. The molecule has 1 aliphatic rings. The lowest BCUT2D eigenvalue weighted by Crippen LogP contribution is -2.42. The fourth-order valence-electron chi connectivity index (χ4n) is 4.30. The van der Waals surface area contributed by atoms with Crippen molar-refractivity contribution in [2.75, 3.05) is 44.7 Å². The van der Waals surface area contributed by atoms with Crippen LogP contribution in [0.25, 0.3) is 0 Å². The molecule has 1 fully saturated rings. The van der Waals surface area contributed by atoms with Crippen molar-refractivity contribution in [3.63, 3.8) is 0 Å². The molecular formula is C31H47ClF4N6O. The van der Waals surface area contributed by atoms with Crippen molar-refractivity contribution in [1.82, 2.24) is 14.8 Å². The summed E-state index contributed by atoms with van der Waals surface area (Å²) in [6.45, 7) is 14.0. The number of amidine groups is 1. The molecular weight excluding hydrogens is 584 g/mol. The standard InChI is InChI=1S/C27H35ClF4N6O.2C2H6/c1-4-24(35-26(36(3)19(2)18-39)34-17-20-9-10-23(29)22(28)16-20)37-12-6-14-38(15-7-13-37)25-21(27(30,31)32)8-5-11-33-25;2*1-2/h5,8-11,16,19,39H,4,6-7,12-15,17-18H2,1-3H3;2*1-2H3/b34-26?,35-24+;;. The molecule has 12 heteroatoms. The van der Waals surface area contributed by atoms with E-state index in [9.17, 15) is 22.7 Å². The summed E-state index contributed by atoms with van der Waals surface area (Å²) in [5, 5.41) is 9.72. The Bertz CT molecular complexity index is 1150. The number of aliphatic imine (C=N–C) groups is 2. The van der Waals surface area contributed by atoms with E-state index in [0.29, 0.717) is 51.4 Å². The molecule has 1 saturated heterocycles. The SMILES string of the molecule is CC.CC.CC/C(=N\C(=NCc1ccc(F)c(Cl)c1)N(C)C(C)CO)N1CCCN(c2ncccc2C(F)(F)F)CCC1. The van der Waals surface area contributed by atoms with E-state index >= 15 is 0 Å². The molecule has 43 heavy (non-hydrogen) atoms. The van der Waals surface area contributed by atoms with Gasteiger partial charge in [-0.15, -0.1) is 0 Å². The molecule has 1 aromatic carbocycles. The number of benzene rings is 1. The number of pyridine rings is 1. The van der Waals surface area contributed by atoms with E-state index in [4.69, 9.17) is 16.6 Å². The highest BCUT2D eigenvalue weighted by Crippen LogP contribution is 2.35. The molecule has 0 bridgehead atoms. The van der Waals surface area contributed by atoms with Crippen molar-refractivity contribution in [3.05, 3.63) is 58.5 Å². The maximum absolute atomic E-state index is 13.6. The van der Waals surface area contributed by atoms with Crippen molar-refractivity contribution < 1.29 is 22.7 Å². The van der Waals surface area contributed by atoms with Crippen LogP contribution in [0, 0.1) is 5.82 Å². The molecule has 0 spiro atoms. The second-order valence-corrected chi connectivity index (χ2v) is 9.85. The van der Waals surface area contributed by atoms with Gasteiger partial charge in [0.25, 0.3) is 0 Å². The number of guanidine groups is 1. The zero-order chi connectivity index (χ0) is 32.6. The van der Waals surface area contributed by atoms with Crippen LogP contribution in [0.5, 0.6) is 0 Å². The van der Waals surface area contributed by atoms with Crippen LogP contribution in [0.15, 0.2) is 46.5 Å². The molecule has 0 aliphatic carbocycles. The highest BCUT2D eigenvalue weighted by molar-refractivity contribution is 6.30. The Hall–Kier alpha value is -2.92. The maximum Gasteiger partial charge on any atom is 0.419 e. The summed E-state index contributed by atoms with van der Waals surface area (Å²) < 4.78 is 54.2. The van der Waals surface area contributed by atoms with Crippen molar-refractivity contribution in [3.8, 4) is 0 Å². The first-order valence-electron chi connectivity index (χ1n) is 15.0. The van der Waals surface area contributed by atoms with Gasteiger partial charge in [-0.05, 0) is 49.6 Å². The second-order valence-electron chi connectivity index (χ2n) is 9.44. The Kier molecular flexibility index (Phi) is 17.2. The molecule has 2 heterocycles. The first kappa shape index (κ1) is 38.1. The van der Waals surface area contributed by atoms with Gasteiger partial charge in [0.05, 0.1) is 29.8 Å². The minimum Gasteiger partial charge on any atom is -0.394 e. The van der Waals surface area contributed by atoms with Gasteiger partial charge in [-0.3, -0.25) is 0 Å². The molecule has 1 N–H and O–H groups in total. The first-order chi connectivity index (χ1) is 20.5. The zero-order valence-electron chi connectivity index (χ0n) is 26.4. The minimum atomic E-state index is -4.47. The van der Waals surface area contributed by atoms with Crippen LogP contribution in [-0.2, 0) is 12.7 Å². The Balaban J connectivity index is 0.00000221. The highest BCUT2D eigenvalue weighted by atomic mass is 35.5. The van der Waals surface area contributed by atoms with Crippen molar-refractivity contribution in [2.45, 2.75) is 79.6 Å². The van der Waals surface area contributed by atoms with E-state index in [-0.39, 0.29) is 30.0 Å². The number of rotatable bonds is 6. The third-order valence-electron chi connectivity index (χ3n) is 6.64. The van der Waals surface area contributed by atoms with E-state index in [2.05, 4.69) is 14.9 Å². The number of nitrogens with zero attached hydrogens (tertiary/aromatic N) is 6. The molecule has 1 aromatic heterocycles. The number of aliphatic hydroxyl groups is 1. The van der Waals surface area contributed by atoms with Crippen LogP contribution >= 0.6 is 11.6 Å². The van der Waals surface area contributed by atoms with E-state index in [0.717, 1.165) is 17.5 Å². The fraction of sp³-hybridized carbons (Fsp3) is 0.581. The summed E-state index contributed by atoms with van der Waals surface area (Å²) >= 11 is 5.92. The molecule has 1 unspecified atom stereocenters. The average Bonchev–Trinajstić information content (AvgIpc) is 3.00. The average molecular weight is 631 g/mol. The summed E-state index contributed by atoms with van der Waals surface area (Å²) in [7, 11) is 1.80. The van der Waals surface area contributed by atoms with E-state index in [1.54, 1.807) is 22.9 Å². The molecule has 0 radical (unpaired) electrons. The largest absolute Gasteiger partial charge is 0.419 e. The van der Waals surface area contributed by atoms with Gasteiger partial charge in [-0.1, -0.05) is 52.3 Å². The van der Waals surface area contributed by atoms with Gasteiger partial charge in [0.2, 0.25) is 5.96 Å². The second kappa shape index (κ2) is 19.4. The number of likely N-dealkylation sites (N-methyl/N-ethyl adjacent to an activating group) is 1. The lowest BCUT2D eigenvalue weighted by Gasteiger charge is -2.34. The van der Waals surface area contributed by atoms with E-state index in [1.165, 1.54) is 24.4 Å². The Morgan fingerprint density at radius 1 is 1.09 bits per heavy atom. The monoisotopic (exact) mass is 630 g/mol. The summed E-state index contributed by atoms with van der Waals surface area (Å²) in [5.74, 6) is 0.680. The molecule has 7 nitrogen and oxygen atoms in total. The lowest BCUT2D eigenvalue weighted by atomic mass is 10.2. The smallest absolute Gasteiger partial charge is 0.394 e. The van der Waals surface area contributed by atoms with Crippen molar-refractivity contribution in [2.24, 2.45) is 9.98 Å². The van der Waals surface area contributed by atoms with Gasteiger partial charge in [0, 0.05) is 45.8 Å². The Morgan fingerprint density at radius 3 is 2.26 bits per heavy atom. The number of halogens is 5. The first-order valence-corrected chi connectivity index (χ1v) is 15.3. The minimum absolute atomic E-state index is 0.0156. The van der Waals surface area contributed by atoms with E-state index < -0.39 is 17.6 Å². The predicted molar refractivity (Wildman–Crippen MR) is 170 cm³/mol. The zero-order valence-corrected chi connectivity index (χ0v) is 27.2. The summed E-state index contributed by atoms with van der Waals surface area (Å²) in [4.78, 5) is 19.2. The molecule has 0 saturated carbocycles. The number of aromatic nitrogens is 1. The molecule has 2 aromatic rings. The van der Waals surface area contributed by atoms with Crippen LogP contribution in [0.4, 0.5) is 23.4 Å². The molecule has 1 aliphatic heterocycles. The summed E-state index contributed by atoms with van der Waals surface area (Å²) in [5.41, 5.74) is -0.00104. The number of aliphatic hydroxyl groups excluding tert-OH is 1. The maximum atomic E-state index is 13.6. The summed E-state index contributed by atoms with van der Waals surface area (Å²) in [6.07, 6.45) is -1.22. The number of alkyl halides is 3. The summed E-state index contributed by atoms with van der Waals surface area (Å²) in [6, 6.07) is 6.55.